The van der Waals surface area contributed by atoms with Gasteiger partial charge in [0, 0.05) is 0 Å². The van der Waals surface area contributed by atoms with Crippen LogP contribution in [0.5, 0.6) is 17.2 Å². The van der Waals surface area contributed by atoms with Gasteiger partial charge in [0.25, 0.3) is 0 Å². The molecule has 0 amide bonds. The van der Waals surface area contributed by atoms with E-state index in [1.54, 1.807) is 6.07 Å². The van der Waals surface area contributed by atoms with Gasteiger partial charge in [0.15, 0.2) is 23.1 Å². The maximum Gasteiger partial charge on any atom is 0.338 e. The number of halogens is 2. The van der Waals surface area contributed by atoms with Crippen LogP contribution >= 0.6 is 11.6 Å². The second-order valence-corrected chi connectivity index (χ2v) is 5.37. The van der Waals surface area contributed by atoms with E-state index < -0.39 is 11.8 Å². The van der Waals surface area contributed by atoms with Crippen LogP contribution in [0.4, 0.5) is 4.39 Å². The summed E-state index contributed by atoms with van der Waals surface area (Å²) in [5.74, 6) is -0.323. The molecule has 0 bridgehead atoms. The van der Waals surface area contributed by atoms with E-state index in [0.29, 0.717) is 23.7 Å². The fraction of sp³-hybridized carbons (Fsp3) is 0.278. The molecule has 7 heteroatoms. The number of carbonyl (C=O) groups is 1. The van der Waals surface area contributed by atoms with Crippen LogP contribution in [0.25, 0.3) is 0 Å². The normalized spacial score (nSPS) is 10.3. The van der Waals surface area contributed by atoms with Gasteiger partial charge in [-0.15, -0.1) is 0 Å². The molecule has 2 aromatic carbocycles. The third kappa shape index (κ3) is 4.54. The van der Waals surface area contributed by atoms with E-state index >= 15 is 0 Å². The van der Waals surface area contributed by atoms with Gasteiger partial charge in [0.1, 0.15) is 6.61 Å². The van der Waals surface area contributed by atoms with Crippen molar-refractivity contribution in [3.8, 4) is 17.2 Å². The molecule has 5 nitrogen and oxygen atoms in total. The van der Waals surface area contributed by atoms with Crippen LogP contribution in [-0.4, -0.2) is 26.8 Å². The first kappa shape index (κ1) is 18.9. The summed E-state index contributed by atoms with van der Waals surface area (Å²) in [6.07, 6.45) is 0. The average molecular weight is 369 g/mol. The lowest BCUT2D eigenvalue weighted by atomic mass is 10.2. The monoisotopic (exact) mass is 368 g/mol. The third-order valence-corrected chi connectivity index (χ3v) is 3.62. The van der Waals surface area contributed by atoms with Crippen LogP contribution in [0.1, 0.15) is 22.8 Å². The van der Waals surface area contributed by atoms with Gasteiger partial charge in [-0.3, -0.25) is 0 Å². The highest BCUT2D eigenvalue weighted by Gasteiger charge is 2.17. The van der Waals surface area contributed by atoms with E-state index in [2.05, 4.69) is 0 Å². The Balaban J connectivity index is 2.13. The number of carbonyl (C=O) groups excluding carboxylic acids is 1. The zero-order valence-electron chi connectivity index (χ0n) is 14.1. The molecule has 0 aliphatic heterocycles. The van der Waals surface area contributed by atoms with E-state index in [0.717, 1.165) is 0 Å². The van der Waals surface area contributed by atoms with Crippen LogP contribution in [0.2, 0.25) is 5.02 Å². The van der Waals surface area contributed by atoms with Crippen LogP contribution in [0, 0.1) is 5.82 Å². The maximum atomic E-state index is 13.7. The van der Waals surface area contributed by atoms with Crippen molar-refractivity contribution < 1.29 is 28.1 Å². The Hall–Kier alpha value is -2.47. The number of hydrogen-bond donors (Lipinski definition) is 0. The van der Waals surface area contributed by atoms with Gasteiger partial charge in [0.2, 0.25) is 0 Å². The molecule has 0 saturated heterocycles. The van der Waals surface area contributed by atoms with Gasteiger partial charge in [-0.05, 0) is 36.8 Å². The Bertz CT molecular complexity index is 763. The van der Waals surface area contributed by atoms with Crippen molar-refractivity contribution in [2.45, 2.75) is 13.5 Å². The fourth-order valence-electron chi connectivity index (χ4n) is 2.15. The number of esters is 1. The molecular formula is C18H18ClFO5. The molecule has 0 aliphatic rings. The van der Waals surface area contributed by atoms with Gasteiger partial charge in [-0.1, -0.05) is 17.7 Å². The van der Waals surface area contributed by atoms with Crippen molar-refractivity contribution in [1.29, 1.82) is 0 Å². The van der Waals surface area contributed by atoms with E-state index in [1.807, 2.05) is 6.92 Å². The number of hydrogen-bond acceptors (Lipinski definition) is 5. The highest BCUT2D eigenvalue weighted by atomic mass is 35.5. The molecule has 0 aromatic heterocycles. The molecule has 0 atom stereocenters. The summed E-state index contributed by atoms with van der Waals surface area (Å²) in [5, 5.41) is 0.239. The summed E-state index contributed by atoms with van der Waals surface area (Å²) in [6.45, 7) is 2.13. The molecule has 25 heavy (non-hydrogen) atoms. The molecule has 2 aromatic rings. The Labute approximate surface area is 150 Å². The largest absolute Gasteiger partial charge is 0.494 e. The smallest absolute Gasteiger partial charge is 0.338 e. The van der Waals surface area contributed by atoms with Crippen molar-refractivity contribution in [1.82, 2.24) is 0 Å². The SMILES string of the molecule is CCOc1c(Cl)cc(C(=O)OCc2ccc(OC)c(F)c2)cc1OC. The van der Waals surface area contributed by atoms with Crippen molar-refractivity contribution in [3.63, 3.8) is 0 Å². The lowest BCUT2D eigenvalue weighted by Gasteiger charge is -2.13. The number of ether oxygens (including phenoxy) is 4. The number of benzene rings is 2. The van der Waals surface area contributed by atoms with Gasteiger partial charge in [-0.25, -0.2) is 9.18 Å². The lowest BCUT2D eigenvalue weighted by Crippen LogP contribution is -2.07. The molecule has 0 fully saturated rings. The van der Waals surface area contributed by atoms with Crippen LogP contribution < -0.4 is 14.2 Å². The van der Waals surface area contributed by atoms with Crippen LogP contribution in [-0.2, 0) is 11.3 Å². The minimum Gasteiger partial charge on any atom is -0.494 e. The Kier molecular flexibility index (Phi) is 6.47. The Morgan fingerprint density at radius 3 is 2.44 bits per heavy atom. The van der Waals surface area contributed by atoms with Gasteiger partial charge >= 0.3 is 5.97 Å². The quantitative estimate of drug-likeness (QED) is 0.684. The minimum atomic E-state index is -0.612. The second kappa shape index (κ2) is 8.58. The zero-order chi connectivity index (χ0) is 18.4. The zero-order valence-corrected chi connectivity index (χ0v) is 14.9. The molecule has 0 saturated carbocycles. The molecule has 0 radical (unpaired) electrons. The third-order valence-electron chi connectivity index (χ3n) is 3.34. The number of methoxy groups -OCH3 is 2. The van der Waals surface area contributed by atoms with Gasteiger partial charge in [0.05, 0.1) is 31.4 Å². The maximum absolute atomic E-state index is 13.7. The van der Waals surface area contributed by atoms with E-state index in [4.69, 9.17) is 30.5 Å². The second-order valence-electron chi connectivity index (χ2n) is 4.97. The predicted octanol–water partition coefficient (Wildman–Crippen LogP) is 4.25. The van der Waals surface area contributed by atoms with Crippen molar-refractivity contribution in [3.05, 3.63) is 52.3 Å². The Morgan fingerprint density at radius 1 is 1.12 bits per heavy atom. The minimum absolute atomic E-state index is 0.0904. The van der Waals surface area contributed by atoms with Crippen molar-refractivity contribution in [2.24, 2.45) is 0 Å². The molecular weight excluding hydrogens is 351 g/mol. The summed E-state index contributed by atoms with van der Waals surface area (Å²) in [5.41, 5.74) is 0.704. The topological polar surface area (TPSA) is 54.0 Å². The molecule has 0 unspecified atom stereocenters. The van der Waals surface area contributed by atoms with E-state index in [1.165, 1.54) is 38.5 Å². The summed E-state index contributed by atoms with van der Waals surface area (Å²) >= 11 is 6.13. The first-order chi connectivity index (χ1) is 12.0. The van der Waals surface area contributed by atoms with Gasteiger partial charge < -0.3 is 18.9 Å². The molecule has 0 heterocycles. The molecule has 0 aliphatic carbocycles. The molecule has 0 N–H and O–H groups in total. The lowest BCUT2D eigenvalue weighted by molar-refractivity contribution is 0.0472. The first-order valence-corrected chi connectivity index (χ1v) is 7.87. The highest BCUT2D eigenvalue weighted by molar-refractivity contribution is 6.32. The predicted molar refractivity (Wildman–Crippen MR) is 91.2 cm³/mol. The molecule has 2 rings (SSSR count). The van der Waals surface area contributed by atoms with Crippen molar-refractivity contribution >= 4 is 17.6 Å². The summed E-state index contributed by atoms with van der Waals surface area (Å²) in [6, 6.07) is 7.24. The van der Waals surface area contributed by atoms with Crippen LogP contribution in [0.15, 0.2) is 30.3 Å². The molecule has 134 valence electrons. The summed E-state index contributed by atoms with van der Waals surface area (Å²) < 4.78 is 34.3. The van der Waals surface area contributed by atoms with Gasteiger partial charge in [-0.2, -0.15) is 0 Å². The van der Waals surface area contributed by atoms with Crippen LogP contribution in [0.3, 0.4) is 0 Å². The average Bonchev–Trinajstić information content (AvgIpc) is 2.61. The van der Waals surface area contributed by atoms with E-state index in [-0.39, 0.29) is 22.9 Å². The number of rotatable bonds is 7. The first-order valence-electron chi connectivity index (χ1n) is 7.50. The summed E-state index contributed by atoms with van der Waals surface area (Å²) in [4.78, 5) is 12.2. The Morgan fingerprint density at radius 2 is 1.84 bits per heavy atom. The standard InChI is InChI=1S/C18H18ClFO5/c1-4-24-17-13(19)8-12(9-16(17)23-3)18(21)25-10-11-5-6-15(22-2)14(20)7-11/h5-9H,4,10H2,1-3H3. The summed E-state index contributed by atoms with van der Waals surface area (Å²) in [7, 11) is 2.82. The van der Waals surface area contributed by atoms with Crippen molar-refractivity contribution in [2.75, 3.05) is 20.8 Å². The van der Waals surface area contributed by atoms with E-state index in [9.17, 15) is 9.18 Å². The fourth-order valence-corrected chi connectivity index (χ4v) is 2.42. The highest BCUT2D eigenvalue weighted by Crippen LogP contribution is 2.36. The molecule has 0 spiro atoms.